The molecular formula is C18H18N2O9S. The van der Waals surface area contributed by atoms with Gasteiger partial charge in [-0.1, -0.05) is 0 Å². The number of nitrogens with one attached hydrogen (secondary N) is 1. The Kier molecular flexibility index (Phi) is 7.69. The summed E-state index contributed by atoms with van der Waals surface area (Å²) in [4.78, 5) is 46.8. The minimum absolute atomic E-state index is 0.0915. The molecule has 1 N–H and O–H groups in total. The molecule has 0 unspecified atom stereocenters. The standard InChI is InChI=1S/C18H18N2O9S/c1-4-28-14-8-12(20(24)25)10(7-13(14)26-2)17(22)29-9-15(21)19-11-5-6-30-16(11)18(23)27-3/h5-8H,4,9H2,1-3H3,(H,19,21). The first-order valence-corrected chi connectivity index (χ1v) is 9.32. The fourth-order valence-corrected chi connectivity index (χ4v) is 3.11. The Labute approximate surface area is 174 Å². The Balaban J connectivity index is 2.14. The van der Waals surface area contributed by atoms with Crippen molar-refractivity contribution in [3.05, 3.63) is 44.1 Å². The summed E-state index contributed by atoms with van der Waals surface area (Å²) >= 11 is 1.06. The van der Waals surface area contributed by atoms with Crippen LogP contribution >= 0.6 is 11.3 Å². The second-order valence-corrected chi connectivity index (χ2v) is 6.41. The van der Waals surface area contributed by atoms with Crippen LogP contribution in [0, 0.1) is 10.1 Å². The van der Waals surface area contributed by atoms with Gasteiger partial charge in [-0.3, -0.25) is 14.9 Å². The van der Waals surface area contributed by atoms with Crippen molar-refractivity contribution < 1.29 is 38.3 Å². The number of rotatable bonds is 9. The highest BCUT2D eigenvalue weighted by Gasteiger charge is 2.26. The van der Waals surface area contributed by atoms with Crippen LogP contribution < -0.4 is 14.8 Å². The summed E-state index contributed by atoms with van der Waals surface area (Å²) in [5.74, 6) is -2.28. The first-order chi connectivity index (χ1) is 14.3. The molecule has 0 saturated heterocycles. The summed E-state index contributed by atoms with van der Waals surface area (Å²) in [6.45, 7) is 1.18. The summed E-state index contributed by atoms with van der Waals surface area (Å²) in [5, 5.41) is 15.3. The lowest BCUT2D eigenvalue weighted by molar-refractivity contribution is -0.385. The molecule has 0 radical (unpaired) electrons. The number of carbonyl (C=O) groups excluding carboxylic acids is 3. The van der Waals surface area contributed by atoms with E-state index >= 15 is 0 Å². The van der Waals surface area contributed by atoms with E-state index < -0.39 is 40.6 Å². The van der Waals surface area contributed by atoms with Crippen molar-refractivity contribution in [3.8, 4) is 11.5 Å². The van der Waals surface area contributed by atoms with Gasteiger partial charge in [0.2, 0.25) is 0 Å². The molecular weight excluding hydrogens is 420 g/mol. The number of nitro groups is 1. The summed E-state index contributed by atoms with van der Waals surface area (Å²) in [5.41, 5.74) is -0.768. The van der Waals surface area contributed by atoms with Gasteiger partial charge in [0.25, 0.3) is 11.6 Å². The van der Waals surface area contributed by atoms with Crippen LogP contribution in [0.15, 0.2) is 23.6 Å². The first kappa shape index (κ1) is 22.6. The van der Waals surface area contributed by atoms with Gasteiger partial charge in [-0.15, -0.1) is 11.3 Å². The summed E-state index contributed by atoms with van der Waals surface area (Å²) in [6.07, 6.45) is 0. The monoisotopic (exact) mass is 438 g/mol. The molecule has 1 aromatic heterocycles. The number of ether oxygens (including phenoxy) is 4. The lowest BCUT2D eigenvalue weighted by Gasteiger charge is -2.11. The minimum atomic E-state index is -1.10. The second kappa shape index (κ2) is 10.2. The number of anilines is 1. The number of hydrogen-bond acceptors (Lipinski definition) is 10. The second-order valence-electron chi connectivity index (χ2n) is 5.49. The third-order valence-corrected chi connectivity index (χ3v) is 4.54. The van der Waals surface area contributed by atoms with Gasteiger partial charge in [0.15, 0.2) is 18.1 Å². The molecule has 0 saturated carbocycles. The van der Waals surface area contributed by atoms with E-state index in [1.54, 1.807) is 12.3 Å². The molecule has 2 rings (SSSR count). The van der Waals surface area contributed by atoms with Gasteiger partial charge in [-0.05, 0) is 18.4 Å². The number of methoxy groups -OCH3 is 2. The highest BCUT2D eigenvalue weighted by Crippen LogP contribution is 2.35. The highest BCUT2D eigenvalue weighted by atomic mass is 32.1. The van der Waals surface area contributed by atoms with Crippen LogP contribution in [0.1, 0.15) is 27.0 Å². The normalized spacial score (nSPS) is 10.1. The van der Waals surface area contributed by atoms with E-state index in [-0.39, 0.29) is 28.7 Å². The van der Waals surface area contributed by atoms with Crippen LogP contribution in [0.25, 0.3) is 0 Å². The topological polar surface area (TPSA) is 143 Å². The van der Waals surface area contributed by atoms with Crippen LogP contribution in [0.3, 0.4) is 0 Å². The van der Waals surface area contributed by atoms with Crippen LogP contribution in [-0.4, -0.2) is 50.2 Å². The Morgan fingerprint density at radius 3 is 2.50 bits per heavy atom. The lowest BCUT2D eigenvalue weighted by Crippen LogP contribution is -2.22. The number of amides is 1. The van der Waals surface area contributed by atoms with Crippen molar-refractivity contribution in [1.82, 2.24) is 0 Å². The number of esters is 2. The number of nitrogens with zero attached hydrogens (tertiary/aromatic N) is 1. The third kappa shape index (κ3) is 5.23. The Morgan fingerprint density at radius 1 is 1.17 bits per heavy atom. The van der Waals surface area contributed by atoms with Crippen molar-refractivity contribution in [2.45, 2.75) is 6.92 Å². The van der Waals surface area contributed by atoms with Crippen LogP contribution in [-0.2, 0) is 14.3 Å². The van der Waals surface area contributed by atoms with E-state index in [0.717, 1.165) is 23.5 Å². The van der Waals surface area contributed by atoms with Crippen molar-refractivity contribution in [2.75, 3.05) is 32.8 Å². The van der Waals surface area contributed by atoms with Gasteiger partial charge in [-0.25, -0.2) is 9.59 Å². The number of thiophene rings is 1. The number of benzene rings is 1. The minimum Gasteiger partial charge on any atom is -0.493 e. The van der Waals surface area contributed by atoms with E-state index in [1.165, 1.54) is 20.3 Å². The van der Waals surface area contributed by atoms with Crippen molar-refractivity contribution in [1.29, 1.82) is 0 Å². The van der Waals surface area contributed by atoms with E-state index in [1.807, 2.05) is 0 Å². The zero-order valence-electron chi connectivity index (χ0n) is 16.3. The van der Waals surface area contributed by atoms with E-state index in [0.29, 0.717) is 0 Å². The molecule has 1 aromatic carbocycles. The first-order valence-electron chi connectivity index (χ1n) is 8.44. The predicted octanol–water partition coefficient (Wildman–Crippen LogP) is 2.65. The van der Waals surface area contributed by atoms with E-state index in [4.69, 9.17) is 14.2 Å². The molecule has 12 heteroatoms. The van der Waals surface area contributed by atoms with Crippen LogP contribution in [0.5, 0.6) is 11.5 Å². The smallest absolute Gasteiger partial charge is 0.350 e. The van der Waals surface area contributed by atoms with Gasteiger partial charge in [-0.2, -0.15) is 0 Å². The van der Waals surface area contributed by atoms with Crippen molar-refractivity contribution in [3.63, 3.8) is 0 Å². The molecule has 0 fully saturated rings. The zero-order chi connectivity index (χ0) is 22.3. The quantitative estimate of drug-likeness (QED) is 0.355. The maximum atomic E-state index is 12.4. The molecule has 0 aliphatic carbocycles. The van der Waals surface area contributed by atoms with Gasteiger partial charge in [0.1, 0.15) is 10.4 Å². The van der Waals surface area contributed by atoms with E-state index in [9.17, 15) is 24.5 Å². The van der Waals surface area contributed by atoms with Crippen molar-refractivity contribution >= 4 is 40.6 Å². The Hall–Kier alpha value is -3.67. The van der Waals surface area contributed by atoms with Crippen molar-refractivity contribution in [2.24, 2.45) is 0 Å². The van der Waals surface area contributed by atoms with Gasteiger partial charge >= 0.3 is 11.9 Å². The molecule has 0 bridgehead atoms. The number of hydrogen-bond donors (Lipinski definition) is 1. The van der Waals surface area contributed by atoms with Gasteiger partial charge in [0, 0.05) is 6.07 Å². The number of nitro benzene ring substituents is 1. The number of carbonyl (C=O) groups is 3. The molecule has 1 amide bonds. The van der Waals surface area contributed by atoms with Crippen LogP contribution in [0.4, 0.5) is 11.4 Å². The molecule has 0 spiro atoms. The van der Waals surface area contributed by atoms with Gasteiger partial charge in [0.05, 0.1) is 37.5 Å². The Bertz CT molecular complexity index is 971. The predicted molar refractivity (Wildman–Crippen MR) is 105 cm³/mol. The molecule has 0 atom stereocenters. The highest BCUT2D eigenvalue weighted by molar-refractivity contribution is 7.12. The van der Waals surface area contributed by atoms with Crippen LogP contribution in [0.2, 0.25) is 0 Å². The third-order valence-electron chi connectivity index (χ3n) is 3.64. The summed E-state index contributed by atoms with van der Waals surface area (Å²) < 4.78 is 19.9. The fraction of sp³-hybridized carbons (Fsp3) is 0.278. The molecule has 0 aliphatic rings. The molecule has 11 nitrogen and oxygen atoms in total. The zero-order valence-corrected chi connectivity index (χ0v) is 17.1. The molecule has 0 aliphatic heterocycles. The SMILES string of the molecule is CCOc1cc([N+](=O)[O-])c(C(=O)OCC(=O)Nc2ccsc2C(=O)OC)cc1OC. The van der Waals surface area contributed by atoms with E-state index in [2.05, 4.69) is 10.1 Å². The maximum absolute atomic E-state index is 12.4. The fourth-order valence-electron chi connectivity index (χ4n) is 2.35. The average molecular weight is 438 g/mol. The molecule has 160 valence electrons. The molecule has 2 aromatic rings. The molecule has 30 heavy (non-hydrogen) atoms. The largest absolute Gasteiger partial charge is 0.493 e. The summed E-state index contributed by atoms with van der Waals surface area (Å²) in [7, 11) is 2.51. The molecule has 1 heterocycles. The average Bonchev–Trinajstić information content (AvgIpc) is 3.19. The maximum Gasteiger partial charge on any atom is 0.350 e. The Morgan fingerprint density at radius 2 is 1.90 bits per heavy atom. The summed E-state index contributed by atoms with van der Waals surface area (Å²) in [6, 6.07) is 3.64. The van der Waals surface area contributed by atoms with Gasteiger partial charge < -0.3 is 24.3 Å². The lowest BCUT2D eigenvalue weighted by atomic mass is 10.1.